The van der Waals surface area contributed by atoms with Crippen molar-refractivity contribution in [3.63, 3.8) is 0 Å². The van der Waals surface area contributed by atoms with Crippen molar-refractivity contribution in [3.8, 4) is 0 Å². The maximum Gasteiger partial charge on any atom is 0.309 e. The normalized spacial score (nSPS) is 49.5. The first-order valence-corrected chi connectivity index (χ1v) is 13.4. The second kappa shape index (κ2) is 7.50. The molecule has 3 saturated heterocycles. The number of piperidine rings is 1. The van der Waals surface area contributed by atoms with Crippen LogP contribution >= 0.6 is 0 Å². The zero-order valence-corrected chi connectivity index (χ0v) is 21.9. The Bertz CT molecular complexity index is 1090. The van der Waals surface area contributed by atoms with E-state index in [9.17, 15) is 19.2 Å². The van der Waals surface area contributed by atoms with Crippen molar-refractivity contribution in [3.05, 3.63) is 12.2 Å². The van der Waals surface area contributed by atoms with Crippen LogP contribution in [-0.4, -0.2) is 66.5 Å². The van der Waals surface area contributed by atoms with E-state index in [2.05, 4.69) is 18.4 Å². The Morgan fingerprint density at radius 1 is 1.11 bits per heavy atom. The van der Waals surface area contributed by atoms with Gasteiger partial charge in [0.15, 0.2) is 11.9 Å². The fourth-order valence-electron chi connectivity index (χ4n) is 9.67. The number of ketones is 2. The Hall–Kier alpha value is -2.06. The van der Waals surface area contributed by atoms with Crippen molar-refractivity contribution in [2.45, 2.75) is 84.3 Å². The van der Waals surface area contributed by atoms with Gasteiger partial charge in [-0.15, -0.1) is 0 Å². The lowest BCUT2D eigenvalue weighted by Crippen LogP contribution is -2.85. The van der Waals surface area contributed by atoms with Crippen LogP contribution in [0.1, 0.15) is 59.8 Å². The SMILES string of the molecule is C=C1C2CC3C(CC2=O)(C2CC4C5(C)CN(C)C(O2)C43CC(=O)C5OC(C)=O)C1OC(=O)C(C)CC. The molecule has 3 aliphatic heterocycles. The predicted molar refractivity (Wildman–Crippen MR) is 127 cm³/mol. The lowest BCUT2D eigenvalue weighted by molar-refractivity contribution is -0.398. The largest absolute Gasteiger partial charge is 0.457 e. The fraction of sp³-hybridized carbons (Fsp3) is 0.786. The van der Waals surface area contributed by atoms with Crippen molar-refractivity contribution in [2.75, 3.05) is 13.6 Å². The number of Topliss-reactive ketones (excluding diaryl/α,β-unsaturated/α-hetero) is 2. The zero-order chi connectivity index (χ0) is 25.9. The van der Waals surface area contributed by atoms with Gasteiger partial charge >= 0.3 is 11.9 Å². The van der Waals surface area contributed by atoms with E-state index >= 15 is 0 Å². The van der Waals surface area contributed by atoms with Crippen LogP contribution in [0.2, 0.25) is 0 Å². The number of carbonyl (C=O) groups excluding carboxylic acids is 4. The summed E-state index contributed by atoms with van der Waals surface area (Å²) in [5, 5.41) is 0. The summed E-state index contributed by atoms with van der Waals surface area (Å²) in [5.41, 5.74) is -1.12. The second-order valence-electron chi connectivity index (χ2n) is 12.7. The van der Waals surface area contributed by atoms with E-state index < -0.39 is 34.4 Å². The van der Waals surface area contributed by atoms with Crippen LogP contribution in [0.15, 0.2) is 12.2 Å². The maximum absolute atomic E-state index is 13.7. The molecule has 5 aliphatic carbocycles. The molecule has 0 radical (unpaired) electrons. The topological polar surface area (TPSA) is 99.2 Å². The van der Waals surface area contributed by atoms with Gasteiger partial charge in [0.1, 0.15) is 18.1 Å². The molecule has 8 rings (SSSR count). The molecule has 0 amide bonds. The lowest BCUT2D eigenvalue weighted by Gasteiger charge is -2.79. The van der Waals surface area contributed by atoms with E-state index in [0.717, 1.165) is 0 Å². The van der Waals surface area contributed by atoms with Crippen LogP contribution in [0, 0.1) is 39.9 Å². The molecule has 11 unspecified atom stereocenters. The summed E-state index contributed by atoms with van der Waals surface area (Å²) in [6.45, 7) is 12.1. The first-order chi connectivity index (χ1) is 16.9. The van der Waals surface area contributed by atoms with Crippen molar-refractivity contribution < 1.29 is 33.4 Å². The van der Waals surface area contributed by atoms with E-state index in [4.69, 9.17) is 14.2 Å². The predicted octanol–water partition coefficient (Wildman–Crippen LogP) is 2.68. The molecule has 0 aromatic rings. The molecule has 8 heteroatoms. The molecule has 8 aliphatic rings. The van der Waals surface area contributed by atoms with Crippen LogP contribution in [0.4, 0.5) is 0 Å². The molecule has 0 aromatic carbocycles. The molecule has 0 aromatic heterocycles. The standard InChI is InChI=1S/C28H37NO7/c1-7-13(2)24(33)36-22-14(3)16-8-20-27-11-18(32)23(34-15(4)30)26(5)12-29(6)25(27)35-21(9-19(26)27)28(20,22)10-17(16)31/h13,16,19-23,25H,3,7-12H2,1-2,4-6H3. The molecule has 196 valence electrons. The van der Waals surface area contributed by atoms with Crippen molar-refractivity contribution in [1.82, 2.24) is 4.90 Å². The number of rotatable bonds is 4. The average molecular weight is 500 g/mol. The maximum atomic E-state index is 13.7. The molecular weight excluding hydrogens is 462 g/mol. The fourth-order valence-corrected chi connectivity index (χ4v) is 9.67. The molecule has 36 heavy (non-hydrogen) atoms. The van der Waals surface area contributed by atoms with Crippen LogP contribution in [-0.2, 0) is 33.4 Å². The minimum atomic E-state index is -0.791. The van der Waals surface area contributed by atoms with E-state index in [1.165, 1.54) is 6.92 Å². The Kier molecular flexibility index (Phi) is 5.06. The Morgan fingerprint density at radius 3 is 2.47 bits per heavy atom. The smallest absolute Gasteiger partial charge is 0.309 e. The minimum Gasteiger partial charge on any atom is -0.457 e. The molecule has 11 atom stereocenters. The number of nitrogens with zero attached hydrogens (tertiary/aromatic N) is 1. The van der Waals surface area contributed by atoms with E-state index in [0.29, 0.717) is 31.4 Å². The van der Waals surface area contributed by atoms with Crippen LogP contribution < -0.4 is 0 Å². The van der Waals surface area contributed by atoms with Crippen LogP contribution in [0.25, 0.3) is 0 Å². The molecule has 0 N–H and O–H groups in total. The highest BCUT2D eigenvalue weighted by Gasteiger charge is 2.82. The second-order valence-corrected chi connectivity index (χ2v) is 12.7. The van der Waals surface area contributed by atoms with Gasteiger partial charge in [0.25, 0.3) is 0 Å². The van der Waals surface area contributed by atoms with Gasteiger partial charge in [0, 0.05) is 48.5 Å². The van der Waals surface area contributed by atoms with Crippen molar-refractivity contribution >= 4 is 23.5 Å². The van der Waals surface area contributed by atoms with Gasteiger partial charge in [-0.3, -0.25) is 24.1 Å². The van der Waals surface area contributed by atoms with Crippen molar-refractivity contribution in [1.29, 1.82) is 0 Å². The summed E-state index contributed by atoms with van der Waals surface area (Å²) in [4.78, 5) is 54.3. The molecular formula is C28H37NO7. The van der Waals surface area contributed by atoms with Gasteiger partial charge < -0.3 is 14.2 Å². The third kappa shape index (κ3) is 2.67. The quantitative estimate of drug-likeness (QED) is 0.430. The number of esters is 2. The first-order valence-electron chi connectivity index (χ1n) is 13.4. The molecule has 2 spiro atoms. The van der Waals surface area contributed by atoms with E-state index in [-0.39, 0.29) is 66.4 Å². The van der Waals surface area contributed by atoms with Gasteiger partial charge in [-0.05, 0) is 43.7 Å². The van der Waals surface area contributed by atoms with Gasteiger partial charge in [-0.25, -0.2) is 0 Å². The third-order valence-corrected chi connectivity index (χ3v) is 11.1. The minimum absolute atomic E-state index is 0.0280. The van der Waals surface area contributed by atoms with Crippen LogP contribution in [0.3, 0.4) is 0 Å². The molecule has 5 saturated carbocycles. The van der Waals surface area contributed by atoms with E-state index in [1.54, 1.807) is 0 Å². The molecule has 8 fully saturated rings. The van der Waals surface area contributed by atoms with Gasteiger partial charge in [0.05, 0.1) is 12.0 Å². The summed E-state index contributed by atoms with van der Waals surface area (Å²) in [6.07, 6.45) is 0.474. The number of likely N-dealkylation sites (tertiary alicyclic amines) is 1. The highest BCUT2D eigenvalue weighted by Crippen LogP contribution is 2.77. The number of carbonyl (C=O) groups is 4. The van der Waals surface area contributed by atoms with Gasteiger partial charge in [0.2, 0.25) is 0 Å². The summed E-state index contributed by atoms with van der Waals surface area (Å²) in [6, 6.07) is 0. The number of hydrogen-bond acceptors (Lipinski definition) is 8. The summed E-state index contributed by atoms with van der Waals surface area (Å²) in [7, 11) is 2.01. The Balaban J connectivity index is 1.49. The lowest BCUT2D eigenvalue weighted by atomic mass is 9.32. The molecule has 7 bridgehead atoms. The monoisotopic (exact) mass is 499 g/mol. The zero-order valence-electron chi connectivity index (χ0n) is 21.9. The number of fused-ring (bicyclic) bond motifs is 2. The third-order valence-electron chi connectivity index (χ3n) is 11.1. The van der Waals surface area contributed by atoms with E-state index in [1.807, 2.05) is 20.9 Å². The average Bonchev–Trinajstić information content (AvgIpc) is 2.81. The van der Waals surface area contributed by atoms with Crippen molar-refractivity contribution in [2.24, 2.45) is 39.9 Å². The highest BCUT2D eigenvalue weighted by atomic mass is 16.6. The highest BCUT2D eigenvalue weighted by molar-refractivity contribution is 5.90. The summed E-state index contributed by atoms with van der Waals surface area (Å²) in [5.74, 6) is -1.21. The number of hydrogen-bond donors (Lipinski definition) is 0. The Labute approximate surface area is 212 Å². The summed E-state index contributed by atoms with van der Waals surface area (Å²) < 4.78 is 18.7. The number of ether oxygens (including phenoxy) is 3. The summed E-state index contributed by atoms with van der Waals surface area (Å²) >= 11 is 0. The Morgan fingerprint density at radius 2 is 1.81 bits per heavy atom. The molecule has 8 nitrogen and oxygen atoms in total. The van der Waals surface area contributed by atoms with Gasteiger partial charge in [-0.1, -0.05) is 27.4 Å². The molecule has 3 heterocycles. The first kappa shape index (κ1) is 24.3. The van der Waals surface area contributed by atoms with Gasteiger partial charge in [-0.2, -0.15) is 0 Å². The van der Waals surface area contributed by atoms with Crippen LogP contribution in [0.5, 0.6) is 0 Å².